The van der Waals surface area contributed by atoms with Gasteiger partial charge in [-0.05, 0) is 55.0 Å². The predicted octanol–water partition coefficient (Wildman–Crippen LogP) is 4.46. The summed E-state index contributed by atoms with van der Waals surface area (Å²) in [6, 6.07) is 10.7. The molecule has 0 bridgehead atoms. The predicted molar refractivity (Wildman–Crippen MR) is 104 cm³/mol. The Bertz CT molecular complexity index is 876. The Morgan fingerprint density at radius 3 is 2.96 bits per heavy atom. The maximum atomic E-state index is 12.5. The van der Waals surface area contributed by atoms with Crippen molar-refractivity contribution in [2.45, 2.75) is 13.3 Å². The van der Waals surface area contributed by atoms with Crippen molar-refractivity contribution in [3.63, 3.8) is 0 Å². The number of allylic oxidation sites excluding steroid dienone is 1. The van der Waals surface area contributed by atoms with Crippen molar-refractivity contribution in [1.82, 2.24) is 0 Å². The van der Waals surface area contributed by atoms with E-state index in [0.29, 0.717) is 23.6 Å². The maximum absolute atomic E-state index is 12.5. The van der Waals surface area contributed by atoms with Gasteiger partial charge in [0.1, 0.15) is 11.5 Å². The number of ketones is 1. The first-order chi connectivity index (χ1) is 12.6. The fraction of sp³-hybridized carbons (Fsp3) is 0.200. The van der Waals surface area contributed by atoms with Crippen molar-refractivity contribution in [1.29, 1.82) is 0 Å². The summed E-state index contributed by atoms with van der Waals surface area (Å²) in [6.45, 7) is 2.64. The summed E-state index contributed by atoms with van der Waals surface area (Å²) < 4.78 is 11.9. The summed E-state index contributed by atoms with van der Waals surface area (Å²) in [5.41, 5.74) is 1.79. The molecule has 0 spiro atoms. The van der Waals surface area contributed by atoms with Gasteiger partial charge in [-0.1, -0.05) is 22.9 Å². The van der Waals surface area contributed by atoms with Crippen molar-refractivity contribution in [3.8, 4) is 11.5 Å². The largest absolute Gasteiger partial charge is 0.493 e. The highest BCUT2D eigenvalue weighted by Crippen LogP contribution is 2.29. The minimum absolute atomic E-state index is 0.0103. The zero-order valence-electron chi connectivity index (χ0n) is 14.3. The molecule has 1 aliphatic heterocycles. The van der Waals surface area contributed by atoms with Gasteiger partial charge in [0, 0.05) is 15.6 Å². The van der Waals surface area contributed by atoms with E-state index in [4.69, 9.17) is 9.47 Å². The third-order valence-electron chi connectivity index (χ3n) is 3.74. The zero-order valence-corrected chi connectivity index (χ0v) is 15.8. The molecule has 5 nitrogen and oxygen atoms in total. The first-order valence-corrected chi connectivity index (χ1v) is 9.07. The second-order valence-electron chi connectivity index (χ2n) is 5.78. The molecule has 0 radical (unpaired) electrons. The number of carbonyl (C=O) groups is 2. The molecule has 1 N–H and O–H groups in total. The monoisotopic (exact) mass is 415 g/mol. The van der Waals surface area contributed by atoms with E-state index < -0.39 is 0 Å². The van der Waals surface area contributed by atoms with Crippen LogP contribution in [0.4, 0.5) is 5.69 Å². The number of hydrogen-bond donors (Lipinski definition) is 1. The molecule has 0 aromatic heterocycles. The minimum atomic E-state index is -0.232. The number of rotatable bonds is 6. The summed E-state index contributed by atoms with van der Waals surface area (Å²) in [5, 5.41) is 2.70. The van der Waals surface area contributed by atoms with E-state index in [0.717, 1.165) is 22.2 Å². The summed E-state index contributed by atoms with van der Waals surface area (Å²) in [6.07, 6.45) is 4.13. The highest BCUT2D eigenvalue weighted by atomic mass is 79.9. The molecular formula is C20H18BrNO4. The molecule has 0 atom stereocenters. The van der Waals surface area contributed by atoms with Gasteiger partial charge in [-0.3, -0.25) is 9.59 Å². The number of nitrogens with one attached hydrogen (secondary N) is 1. The lowest BCUT2D eigenvalue weighted by atomic mass is 10.1. The molecule has 2 aromatic carbocycles. The van der Waals surface area contributed by atoms with Gasteiger partial charge in [0.15, 0.2) is 12.4 Å². The maximum Gasteiger partial charge on any atom is 0.262 e. The van der Waals surface area contributed by atoms with E-state index in [2.05, 4.69) is 21.2 Å². The van der Waals surface area contributed by atoms with Crippen LogP contribution in [0.5, 0.6) is 11.5 Å². The van der Waals surface area contributed by atoms with E-state index in [-0.39, 0.29) is 18.3 Å². The Labute approximate surface area is 160 Å². The second kappa shape index (κ2) is 8.19. The lowest BCUT2D eigenvalue weighted by Crippen LogP contribution is -2.25. The van der Waals surface area contributed by atoms with Gasteiger partial charge in [0.05, 0.1) is 12.3 Å². The van der Waals surface area contributed by atoms with Crippen LogP contribution in [0.3, 0.4) is 0 Å². The highest BCUT2D eigenvalue weighted by Gasteiger charge is 2.17. The van der Waals surface area contributed by atoms with Gasteiger partial charge in [-0.15, -0.1) is 0 Å². The number of ether oxygens (including phenoxy) is 2. The Hall–Kier alpha value is -2.60. The number of benzene rings is 2. The zero-order chi connectivity index (χ0) is 18.5. The summed E-state index contributed by atoms with van der Waals surface area (Å²) >= 11 is 3.43. The van der Waals surface area contributed by atoms with E-state index in [9.17, 15) is 9.59 Å². The van der Waals surface area contributed by atoms with Crippen LogP contribution in [0, 0.1) is 0 Å². The van der Waals surface area contributed by atoms with Gasteiger partial charge in [0.25, 0.3) is 5.91 Å². The van der Waals surface area contributed by atoms with Crippen molar-refractivity contribution in [2.24, 2.45) is 0 Å². The first-order valence-electron chi connectivity index (χ1n) is 8.28. The van der Waals surface area contributed by atoms with Gasteiger partial charge < -0.3 is 14.8 Å². The summed E-state index contributed by atoms with van der Waals surface area (Å²) in [4.78, 5) is 23.9. The summed E-state index contributed by atoms with van der Waals surface area (Å²) in [7, 11) is 0. The van der Waals surface area contributed by atoms with E-state index >= 15 is 0 Å². The Morgan fingerprint density at radius 2 is 2.15 bits per heavy atom. The van der Waals surface area contributed by atoms with Gasteiger partial charge in [-0.2, -0.15) is 0 Å². The number of hydrogen-bond acceptors (Lipinski definition) is 4. The van der Waals surface area contributed by atoms with Crippen LogP contribution in [0.25, 0.3) is 6.08 Å². The van der Waals surface area contributed by atoms with Crippen molar-refractivity contribution in [3.05, 3.63) is 58.1 Å². The minimum Gasteiger partial charge on any atom is -0.493 e. The van der Waals surface area contributed by atoms with Crippen LogP contribution in [0.15, 0.2) is 46.9 Å². The molecule has 1 heterocycles. The van der Waals surface area contributed by atoms with E-state index in [1.165, 1.54) is 6.08 Å². The third kappa shape index (κ3) is 4.32. The van der Waals surface area contributed by atoms with Crippen LogP contribution >= 0.6 is 15.9 Å². The molecule has 1 amide bonds. The standard InChI is InChI=1S/C20H18BrNO4/c1-2-9-25-18-8-5-15(21)10-14(18)3-6-17(23)13-4-7-19-16(11-13)22-20(24)12-26-19/h3-8,10-11H,2,9,12H2,1H3,(H,22,24)/b6-3+. The lowest BCUT2D eigenvalue weighted by molar-refractivity contribution is -0.118. The normalized spacial score (nSPS) is 13.1. The molecule has 2 aromatic rings. The fourth-order valence-corrected chi connectivity index (χ4v) is 2.87. The van der Waals surface area contributed by atoms with Gasteiger partial charge in [-0.25, -0.2) is 0 Å². The van der Waals surface area contributed by atoms with Gasteiger partial charge >= 0.3 is 0 Å². The number of halogens is 1. The van der Waals surface area contributed by atoms with Gasteiger partial charge in [0.2, 0.25) is 0 Å². The fourth-order valence-electron chi connectivity index (χ4n) is 2.49. The van der Waals surface area contributed by atoms with E-state index in [1.54, 1.807) is 24.3 Å². The first kappa shape index (κ1) is 18.2. The lowest BCUT2D eigenvalue weighted by Gasteiger charge is -2.18. The number of anilines is 1. The summed E-state index contributed by atoms with van der Waals surface area (Å²) in [5.74, 6) is 0.885. The number of carbonyl (C=O) groups excluding carboxylic acids is 2. The van der Waals surface area contributed by atoms with Crippen molar-refractivity contribution >= 4 is 39.4 Å². The average molecular weight is 416 g/mol. The van der Waals surface area contributed by atoms with Crippen LogP contribution < -0.4 is 14.8 Å². The molecule has 26 heavy (non-hydrogen) atoms. The molecule has 0 unspecified atom stereocenters. The number of amides is 1. The topological polar surface area (TPSA) is 64.6 Å². The molecule has 3 rings (SSSR count). The molecule has 0 fully saturated rings. The average Bonchev–Trinajstić information content (AvgIpc) is 2.64. The number of fused-ring (bicyclic) bond motifs is 1. The molecule has 0 aliphatic carbocycles. The smallest absolute Gasteiger partial charge is 0.262 e. The Kier molecular flexibility index (Phi) is 5.73. The van der Waals surface area contributed by atoms with Crippen LogP contribution in [-0.2, 0) is 4.79 Å². The van der Waals surface area contributed by atoms with Crippen molar-refractivity contribution in [2.75, 3.05) is 18.5 Å². The molecule has 0 saturated carbocycles. The molecule has 134 valence electrons. The highest BCUT2D eigenvalue weighted by molar-refractivity contribution is 9.10. The molecule has 1 aliphatic rings. The van der Waals surface area contributed by atoms with Crippen molar-refractivity contribution < 1.29 is 19.1 Å². The molecular weight excluding hydrogens is 398 g/mol. The van der Waals surface area contributed by atoms with Crippen LogP contribution in [0.2, 0.25) is 0 Å². The van der Waals surface area contributed by atoms with Crippen LogP contribution in [0.1, 0.15) is 29.3 Å². The Morgan fingerprint density at radius 1 is 1.31 bits per heavy atom. The van der Waals surface area contributed by atoms with Crippen LogP contribution in [-0.4, -0.2) is 24.9 Å². The third-order valence-corrected chi connectivity index (χ3v) is 4.24. The molecule has 6 heteroatoms. The van der Waals surface area contributed by atoms with E-state index in [1.807, 2.05) is 25.1 Å². The second-order valence-corrected chi connectivity index (χ2v) is 6.69. The quantitative estimate of drug-likeness (QED) is 0.558. The Balaban J connectivity index is 1.81. The molecule has 0 saturated heterocycles. The SMILES string of the molecule is CCCOc1ccc(Br)cc1/C=C/C(=O)c1ccc2c(c1)NC(=O)CO2.